The van der Waals surface area contributed by atoms with Crippen molar-refractivity contribution in [1.29, 1.82) is 0 Å². The summed E-state index contributed by atoms with van der Waals surface area (Å²) in [4.78, 5) is 16.2. The van der Waals surface area contributed by atoms with Crippen molar-refractivity contribution in [2.24, 2.45) is 5.92 Å². The first-order chi connectivity index (χ1) is 11.3. The van der Waals surface area contributed by atoms with Gasteiger partial charge in [-0.3, -0.25) is 4.79 Å². The summed E-state index contributed by atoms with van der Waals surface area (Å²) < 4.78 is 0. The van der Waals surface area contributed by atoms with Crippen molar-refractivity contribution in [1.82, 2.24) is 10.3 Å². The Labute approximate surface area is 136 Å². The van der Waals surface area contributed by atoms with E-state index in [1.54, 1.807) is 18.3 Å². The van der Waals surface area contributed by atoms with Gasteiger partial charge in [0, 0.05) is 12.7 Å². The lowest BCUT2D eigenvalue weighted by molar-refractivity contribution is 0.0957. The zero-order valence-electron chi connectivity index (χ0n) is 13.0. The fourth-order valence-electron chi connectivity index (χ4n) is 2.60. The predicted molar refractivity (Wildman–Crippen MR) is 92.3 cm³/mol. The van der Waals surface area contributed by atoms with Crippen molar-refractivity contribution >= 4 is 11.7 Å². The summed E-state index contributed by atoms with van der Waals surface area (Å²) in [7, 11) is 0. The fourth-order valence-corrected chi connectivity index (χ4v) is 2.60. The minimum Gasteiger partial charge on any atom is -0.363 e. The van der Waals surface area contributed by atoms with Crippen molar-refractivity contribution in [2.75, 3.05) is 11.9 Å². The molecule has 1 aromatic carbocycles. The SMILES string of the molecule is C=CCNC(=O)c1ccc(NC(c2ccccc2)C2CC2)nc1. The van der Waals surface area contributed by atoms with Gasteiger partial charge in [0.2, 0.25) is 0 Å². The van der Waals surface area contributed by atoms with Gasteiger partial charge in [0.15, 0.2) is 0 Å². The Morgan fingerprint density at radius 3 is 2.65 bits per heavy atom. The van der Waals surface area contributed by atoms with Crippen LogP contribution < -0.4 is 10.6 Å². The summed E-state index contributed by atoms with van der Waals surface area (Å²) in [6.07, 6.45) is 5.75. The maximum atomic E-state index is 11.9. The highest BCUT2D eigenvalue weighted by Gasteiger charge is 2.32. The molecule has 3 rings (SSSR count). The topological polar surface area (TPSA) is 54.0 Å². The van der Waals surface area contributed by atoms with Crippen LogP contribution in [0.15, 0.2) is 61.3 Å². The van der Waals surface area contributed by atoms with Gasteiger partial charge >= 0.3 is 0 Å². The van der Waals surface area contributed by atoms with Gasteiger partial charge in [0.05, 0.1) is 11.6 Å². The number of carbonyl (C=O) groups is 1. The Hall–Kier alpha value is -2.62. The zero-order valence-corrected chi connectivity index (χ0v) is 13.0. The van der Waals surface area contributed by atoms with Crippen molar-refractivity contribution in [3.8, 4) is 0 Å². The standard InChI is InChI=1S/C19H21N3O/c1-2-12-20-19(23)16-10-11-17(21-13-16)22-18(15-8-9-15)14-6-4-3-5-7-14/h2-7,10-11,13,15,18H,1,8-9,12H2,(H,20,23)(H,21,22). The molecule has 2 N–H and O–H groups in total. The average Bonchev–Trinajstić information content (AvgIpc) is 3.44. The summed E-state index contributed by atoms with van der Waals surface area (Å²) >= 11 is 0. The third kappa shape index (κ3) is 3.97. The van der Waals surface area contributed by atoms with E-state index in [0.717, 1.165) is 5.82 Å². The molecule has 1 amide bonds. The quantitative estimate of drug-likeness (QED) is 0.769. The molecule has 1 atom stereocenters. The summed E-state index contributed by atoms with van der Waals surface area (Å²) in [5.41, 5.74) is 1.84. The molecule has 23 heavy (non-hydrogen) atoms. The first kappa shape index (κ1) is 15.3. The van der Waals surface area contributed by atoms with Gasteiger partial charge in [0.1, 0.15) is 5.82 Å². The van der Waals surface area contributed by atoms with Crippen LogP contribution in [0.1, 0.15) is 34.8 Å². The highest BCUT2D eigenvalue weighted by molar-refractivity contribution is 5.94. The highest BCUT2D eigenvalue weighted by Crippen LogP contribution is 2.42. The Balaban J connectivity index is 1.69. The number of nitrogens with one attached hydrogen (secondary N) is 2. The average molecular weight is 307 g/mol. The van der Waals surface area contributed by atoms with Crippen LogP contribution >= 0.6 is 0 Å². The molecular formula is C19H21N3O. The Morgan fingerprint density at radius 2 is 2.04 bits per heavy atom. The van der Waals surface area contributed by atoms with E-state index >= 15 is 0 Å². The number of benzene rings is 1. The van der Waals surface area contributed by atoms with Gasteiger partial charge in [-0.05, 0) is 36.5 Å². The van der Waals surface area contributed by atoms with E-state index in [1.165, 1.54) is 18.4 Å². The predicted octanol–water partition coefficient (Wildman–Crippen LogP) is 3.56. The van der Waals surface area contributed by atoms with Crippen LogP contribution in [0.2, 0.25) is 0 Å². The smallest absolute Gasteiger partial charge is 0.253 e. The van der Waals surface area contributed by atoms with Gasteiger partial charge in [-0.1, -0.05) is 36.4 Å². The van der Waals surface area contributed by atoms with E-state index in [-0.39, 0.29) is 11.9 Å². The van der Waals surface area contributed by atoms with Gasteiger partial charge in [0.25, 0.3) is 5.91 Å². The molecule has 0 bridgehead atoms. The summed E-state index contributed by atoms with van der Waals surface area (Å²) in [6, 6.07) is 14.4. The van der Waals surface area contributed by atoms with Crippen molar-refractivity contribution in [3.05, 3.63) is 72.4 Å². The van der Waals surface area contributed by atoms with Gasteiger partial charge in [-0.2, -0.15) is 0 Å². The molecule has 1 aliphatic rings. The lowest BCUT2D eigenvalue weighted by Crippen LogP contribution is -2.23. The number of carbonyl (C=O) groups excluding carboxylic acids is 1. The van der Waals surface area contributed by atoms with E-state index in [4.69, 9.17) is 0 Å². The first-order valence-electron chi connectivity index (χ1n) is 7.94. The third-order valence-electron chi connectivity index (χ3n) is 3.99. The Bertz CT molecular complexity index is 663. The van der Waals surface area contributed by atoms with Crippen molar-refractivity contribution in [3.63, 3.8) is 0 Å². The van der Waals surface area contributed by atoms with Crippen LogP contribution in [0, 0.1) is 5.92 Å². The molecule has 0 aliphatic heterocycles. The molecule has 2 aromatic rings. The molecule has 1 unspecified atom stereocenters. The van der Waals surface area contributed by atoms with E-state index in [0.29, 0.717) is 18.0 Å². The molecule has 118 valence electrons. The first-order valence-corrected chi connectivity index (χ1v) is 7.94. The molecule has 0 saturated heterocycles. The molecule has 1 saturated carbocycles. The van der Waals surface area contributed by atoms with Gasteiger partial charge in [-0.15, -0.1) is 6.58 Å². The van der Waals surface area contributed by atoms with Crippen LogP contribution in [0.25, 0.3) is 0 Å². The largest absolute Gasteiger partial charge is 0.363 e. The van der Waals surface area contributed by atoms with E-state index < -0.39 is 0 Å². The number of hydrogen-bond acceptors (Lipinski definition) is 3. The summed E-state index contributed by atoms with van der Waals surface area (Å²) in [6.45, 7) is 4.04. The molecular weight excluding hydrogens is 286 g/mol. The monoisotopic (exact) mass is 307 g/mol. The second kappa shape index (κ2) is 7.09. The van der Waals surface area contributed by atoms with Gasteiger partial charge < -0.3 is 10.6 Å². The number of rotatable bonds is 7. The molecule has 4 heteroatoms. The molecule has 1 aliphatic carbocycles. The minimum absolute atomic E-state index is 0.134. The fraction of sp³-hybridized carbons (Fsp3) is 0.263. The second-order valence-electron chi connectivity index (χ2n) is 5.80. The highest BCUT2D eigenvalue weighted by atomic mass is 16.1. The number of hydrogen-bond donors (Lipinski definition) is 2. The molecule has 4 nitrogen and oxygen atoms in total. The van der Waals surface area contributed by atoms with E-state index in [2.05, 4.69) is 46.5 Å². The van der Waals surface area contributed by atoms with Crippen LogP contribution in [0.5, 0.6) is 0 Å². The number of nitrogens with zero attached hydrogens (tertiary/aromatic N) is 1. The summed E-state index contributed by atoms with van der Waals surface area (Å²) in [5.74, 6) is 1.33. The molecule has 1 heterocycles. The second-order valence-corrected chi connectivity index (χ2v) is 5.80. The van der Waals surface area contributed by atoms with Crippen molar-refractivity contribution in [2.45, 2.75) is 18.9 Å². The number of pyridine rings is 1. The van der Waals surface area contributed by atoms with Gasteiger partial charge in [-0.25, -0.2) is 4.98 Å². The van der Waals surface area contributed by atoms with E-state index in [9.17, 15) is 4.79 Å². The third-order valence-corrected chi connectivity index (χ3v) is 3.99. The Morgan fingerprint density at radius 1 is 1.26 bits per heavy atom. The maximum Gasteiger partial charge on any atom is 0.253 e. The summed E-state index contributed by atoms with van der Waals surface area (Å²) in [5, 5.41) is 6.25. The minimum atomic E-state index is -0.134. The Kier molecular flexibility index (Phi) is 4.71. The van der Waals surface area contributed by atoms with Crippen LogP contribution in [0.3, 0.4) is 0 Å². The van der Waals surface area contributed by atoms with E-state index in [1.807, 2.05) is 12.1 Å². The molecule has 0 spiro atoms. The number of aromatic nitrogens is 1. The molecule has 1 aromatic heterocycles. The lowest BCUT2D eigenvalue weighted by Gasteiger charge is -2.19. The zero-order chi connectivity index (χ0) is 16.1. The lowest BCUT2D eigenvalue weighted by atomic mass is 10.0. The van der Waals surface area contributed by atoms with Crippen LogP contribution in [-0.4, -0.2) is 17.4 Å². The molecule has 0 radical (unpaired) electrons. The number of amides is 1. The normalized spacial score (nSPS) is 14.8. The maximum absolute atomic E-state index is 11.9. The number of anilines is 1. The van der Waals surface area contributed by atoms with Crippen molar-refractivity contribution < 1.29 is 4.79 Å². The van der Waals surface area contributed by atoms with Crippen LogP contribution in [-0.2, 0) is 0 Å². The van der Waals surface area contributed by atoms with Crippen LogP contribution in [0.4, 0.5) is 5.82 Å². The molecule has 1 fully saturated rings.